The average Bonchev–Trinajstić information content (AvgIpc) is 2.72. The maximum atomic E-state index is 12.1. The number of hydrogen-bond acceptors (Lipinski definition) is 4. The maximum absolute atomic E-state index is 12.1. The van der Waals surface area contributed by atoms with Gasteiger partial charge in [0.1, 0.15) is 18.4 Å². The fraction of sp³-hybridized carbons (Fsp3) is 0.467. The van der Waals surface area contributed by atoms with Crippen molar-refractivity contribution in [1.29, 1.82) is 0 Å². The Labute approximate surface area is 118 Å². The predicted octanol–water partition coefficient (Wildman–Crippen LogP) is 1.86. The van der Waals surface area contributed by atoms with E-state index in [0.29, 0.717) is 17.9 Å². The average molecular weight is 277 g/mol. The summed E-state index contributed by atoms with van der Waals surface area (Å²) in [5, 5.41) is 2.55. The highest BCUT2D eigenvalue weighted by Crippen LogP contribution is 2.40. The second-order valence-corrected chi connectivity index (χ2v) is 4.82. The summed E-state index contributed by atoms with van der Waals surface area (Å²) in [5.74, 6) is 0.101. The highest BCUT2D eigenvalue weighted by Gasteiger charge is 2.31. The van der Waals surface area contributed by atoms with Crippen molar-refractivity contribution in [1.82, 2.24) is 5.32 Å². The Balaban J connectivity index is 2.11. The Morgan fingerprint density at radius 3 is 2.80 bits per heavy atom. The van der Waals surface area contributed by atoms with Crippen LogP contribution in [0.2, 0.25) is 0 Å². The van der Waals surface area contributed by atoms with Crippen LogP contribution >= 0.6 is 0 Å². The van der Waals surface area contributed by atoms with Crippen LogP contribution in [0.15, 0.2) is 18.2 Å². The number of nitrogens with one attached hydrogen (secondary N) is 1. The monoisotopic (exact) mass is 277 g/mol. The predicted molar refractivity (Wildman–Crippen MR) is 73.9 cm³/mol. The minimum absolute atomic E-state index is 0.0454. The van der Waals surface area contributed by atoms with E-state index in [1.165, 1.54) is 0 Å². The number of ether oxygens (including phenoxy) is 2. The lowest BCUT2D eigenvalue weighted by molar-refractivity contribution is -0.141. The summed E-state index contributed by atoms with van der Waals surface area (Å²) in [6.45, 7) is 5.93. The number of benzene rings is 1. The van der Waals surface area contributed by atoms with E-state index in [4.69, 9.17) is 9.47 Å². The van der Waals surface area contributed by atoms with Gasteiger partial charge in [-0.2, -0.15) is 0 Å². The van der Waals surface area contributed by atoms with Crippen LogP contribution in [-0.4, -0.2) is 31.1 Å². The molecule has 0 bridgehead atoms. The largest absolute Gasteiger partial charge is 0.489 e. The van der Waals surface area contributed by atoms with Gasteiger partial charge in [-0.3, -0.25) is 9.59 Å². The van der Waals surface area contributed by atoms with Crippen LogP contribution in [0.5, 0.6) is 5.75 Å². The van der Waals surface area contributed by atoms with Gasteiger partial charge in [0.2, 0.25) is 0 Å². The molecule has 0 aromatic heterocycles. The number of para-hydroxylation sites is 1. The third kappa shape index (κ3) is 2.76. The number of hydrogen-bond donors (Lipinski definition) is 1. The standard InChI is InChI=1S/C15H19NO4/c1-4-19-13(17)8-16-15(18)12-7-5-6-11-9(2)10(3)20-14(11)12/h5-7,9-10H,4,8H2,1-3H3,(H,16,18)/t9-,10-/m0/s1. The van der Waals surface area contributed by atoms with Crippen molar-refractivity contribution in [3.8, 4) is 5.75 Å². The first-order valence-electron chi connectivity index (χ1n) is 6.78. The number of carbonyl (C=O) groups is 2. The lowest BCUT2D eigenvalue weighted by Gasteiger charge is -2.09. The van der Waals surface area contributed by atoms with Crippen LogP contribution in [-0.2, 0) is 9.53 Å². The zero-order valence-corrected chi connectivity index (χ0v) is 11.9. The van der Waals surface area contributed by atoms with Gasteiger partial charge >= 0.3 is 5.97 Å². The van der Waals surface area contributed by atoms with Gasteiger partial charge in [-0.05, 0) is 19.9 Å². The van der Waals surface area contributed by atoms with Gasteiger partial charge in [0.15, 0.2) is 0 Å². The Bertz CT molecular complexity index is 527. The molecule has 1 amide bonds. The van der Waals surface area contributed by atoms with Crippen molar-refractivity contribution >= 4 is 11.9 Å². The van der Waals surface area contributed by atoms with Crippen molar-refractivity contribution < 1.29 is 19.1 Å². The molecule has 0 aliphatic carbocycles. The van der Waals surface area contributed by atoms with Crippen molar-refractivity contribution in [3.63, 3.8) is 0 Å². The lowest BCUT2D eigenvalue weighted by Crippen LogP contribution is -2.30. The van der Waals surface area contributed by atoms with Gasteiger partial charge < -0.3 is 14.8 Å². The third-order valence-electron chi connectivity index (χ3n) is 3.49. The van der Waals surface area contributed by atoms with Gasteiger partial charge in [-0.15, -0.1) is 0 Å². The molecule has 1 aliphatic heterocycles. The molecule has 108 valence electrons. The fourth-order valence-electron chi connectivity index (χ4n) is 2.22. The van der Waals surface area contributed by atoms with Crippen LogP contribution in [0, 0.1) is 0 Å². The van der Waals surface area contributed by atoms with E-state index in [-0.39, 0.29) is 24.5 Å². The molecule has 1 aromatic rings. The molecule has 5 nitrogen and oxygen atoms in total. The molecular weight excluding hydrogens is 258 g/mol. The summed E-state index contributed by atoms with van der Waals surface area (Å²) >= 11 is 0. The van der Waals surface area contributed by atoms with Crippen LogP contribution < -0.4 is 10.1 Å². The molecule has 0 fully saturated rings. The van der Waals surface area contributed by atoms with E-state index in [0.717, 1.165) is 5.56 Å². The van der Waals surface area contributed by atoms with Gasteiger partial charge in [0.25, 0.3) is 5.91 Å². The van der Waals surface area contributed by atoms with Gasteiger partial charge in [0.05, 0.1) is 12.2 Å². The van der Waals surface area contributed by atoms with Crippen molar-refractivity contribution in [2.24, 2.45) is 0 Å². The summed E-state index contributed by atoms with van der Waals surface area (Å²) in [4.78, 5) is 23.4. The molecule has 5 heteroatoms. The zero-order chi connectivity index (χ0) is 14.7. The molecule has 0 saturated carbocycles. The van der Waals surface area contributed by atoms with E-state index in [1.807, 2.05) is 19.1 Å². The fourth-order valence-corrected chi connectivity index (χ4v) is 2.22. The first-order valence-corrected chi connectivity index (χ1v) is 6.78. The van der Waals surface area contributed by atoms with E-state index in [9.17, 15) is 9.59 Å². The lowest BCUT2D eigenvalue weighted by atomic mass is 9.97. The molecule has 1 heterocycles. The minimum Gasteiger partial charge on any atom is -0.489 e. The first kappa shape index (κ1) is 14.4. The van der Waals surface area contributed by atoms with Crippen molar-refractivity contribution in [3.05, 3.63) is 29.3 Å². The quantitative estimate of drug-likeness (QED) is 0.853. The molecule has 0 unspecified atom stereocenters. The van der Waals surface area contributed by atoms with Gasteiger partial charge in [-0.1, -0.05) is 19.1 Å². The number of fused-ring (bicyclic) bond motifs is 1. The van der Waals surface area contributed by atoms with E-state index in [1.54, 1.807) is 13.0 Å². The Morgan fingerprint density at radius 2 is 2.10 bits per heavy atom. The molecule has 2 rings (SSSR count). The Hall–Kier alpha value is -2.04. The molecule has 0 spiro atoms. The summed E-state index contributed by atoms with van der Waals surface area (Å²) in [5.41, 5.74) is 1.49. The highest BCUT2D eigenvalue weighted by atomic mass is 16.5. The van der Waals surface area contributed by atoms with E-state index < -0.39 is 5.97 Å². The van der Waals surface area contributed by atoms with Crippen LogP contribution in [0.3, 0.4) is 0 Å². The third-order valence-corrected chi connectivity index (χ3v) is 3.49. The second-order valence-electron chi connectivity index (χ2n) is 4.82. The normalized spacial score (nSPS) is 19.9. The topological polar surface area (TPSA) is 64.6 Å². The first-order chi connectivity index (χ1) is 9.54. The molecule has 1 aliphatic rings. The molecule has 1 N–H and O–H groups in total. The molecule has 20 heavy (non-hydrogen) atoms. The Morgan fingerprint density at radius 1 is 1.35 bits per heavy atom. The zero-order valence-electron chi connectivity index (χ0n) is 11.9. The summed E-state index contributed by atoms with van der Waals surface area (Å²) in [6.07, 6.45) is 0.0454. The molecular formula is C15H19NO4. The smallest absolute Gasteiger partial charge is 0.325 e. The van der Waals surface area contributed by atoms with Gasteiger partial charge in [-0.25, -0.2) is 0 Å². The van der Waals surface area contributed by atoms with E-state index in [2.05, 4.69) is 12.2 Å². The minimum atomic E-state index is -0.448. The summed E-state index contributed by atoms with van der Waals surface area (Å²) in [6, 6.07) is 5.49. The number of carbonyl (C=O) groups excluding carboxylic acids is 2. The SMILES string of the molecule is CCOC(=O)CNC(=O)c1cccc2c1O[C@@H](C)[C@@H]2C. The number of rotatable bonds is 4. The Kier molecular flexibility index (Phi) is 4.27. The van der Waals surface area contributed by atoms with Crippen molar-refractivity contribution in [2.75, 3.05) is 13.2 Å². The van der Waals surface area contributed by atoms with Crippen LogP contribution in [0.1, 0.15) is 42.6 Å². The van der Waals surface area contributed by atoms with Crippen molar-refractivity contribution in [2.45, 2.75) is 32.8 Å². The number of amides is 1. The van der Waals surface area contributed by atoms with Gasteiger partial charge in [0, 0.05) is 11.5 Å². The summed E-state index contributed by atoms with van der Waals surface area (Å²) in [7, 11) is 0. The molecule has 2 atom stereocenters. The summed E-state index contributed by atoms with van der Waals surface area (Å²) < 4.78 is 10.5. The highest BCUT2D eigenvalue weighted by molar-refractivity contribution is 5.99. The van der Waals surface area contributed by atoms with Crippen LogP contribution in [0.4, 0.5) is 0 Å². The molecule has 1 aromatic carbocycles. The van der Waals surface area contributed by atoms with Crippen LogP contribution in [0.25, 0.3) is 0 Å². The number of esters is 1. The maximum Gasteiger partial charge on any atom is 0.325 e. The molecule has 0 radical (unpaired) electrons. The molecule has 0 saturated heterocycles. The second kappa shape index (κ2) is 5.94. The van der Waals surface area contributed by atoms with E-state index >= 15 is 0 Å².